The minimum atomic E-state index is -0.523. The maximum absolute atomic E-state index is 10.3. The summed E-state index contributed by atoms with van der Waals surface area (Å²) in [6.45, 7) is 5.21. The fourth-order valence-electron chi connectivity index (χ4n) is 2.99. The molecule has 3 heteroatoms. The Morgan fingerprint density at radius 3 is 2.40 bits per heavy atom. The second kappa shape index (κ2) is 8.15. The summed E-state index contributed by atoms with van der Waals surface area (Å²) in [7, 11) is 0. The van der Waals surface area contributed by atoms with Crippen LogP contribution < -0.4 is 10.1 Å². The van der Waals surface area contributed by atoms with Crippen LogP contribution in [0.2, 0.25) is 0 Å². The monoisotopic (exact) mass is 335 g/mol. The first-order valence-electron chi connectivity index (χ1n) is 8.76. The molecule has 0 aliphatic carbocycles. The van der Waals surface area contributed by atoms with Gasteiger partial charge in [-0.2, -0.15) is 0 Å². The van der Waals surface area contributed by atoms with Crippen molar-refractivity contribution in [1.82, 2.24) is 5.32 Å². The summed E-state index contributed by atoms with van der Waals surface area (Å²) in [5.74, 6) is 0.899. The van der Waals surface area contributed by atoms with Crippen molar-refractivity contribution in [3.63, 3.8) is 0 Å². The Balaban J connectivity index is 1.77. The van der Waals surface area contributed by atoms with Crippen LogP contribution in [0.4, 0.5) is 0 Å². The summed E-state index contributed by atoms with van der Waals surface area (Å²) in [6.07, 6.45) is -0.402. The molecule has 0 saturated heterocycles. The minimum absolute atomic E-state index is 0.120. The molecule has 0 aliphatic heterocycles. The average Bonchev–Trinajstić information content (AvgIpc) is 2.63. The van der Waals surface area contributed by atoms with Crippen molar-refractivity contribution in [3.8, 4) is 5.75 Å². The van der Waals surface area contributed by atoms with Crippen LogP contribution in [0.3, 0.4) is 0 Å². The number of rotatable bonds is 7. The highest BCUT2D eigenvalue weighted by atomic mass is 16.5. The highest BCUT2D eigenvalue weighted by molar-refractivity contribution is 5.87. The number of hydrogen-bond donors (Lipinski definition) is 2. The summed E-state index contributed by atoms with van der Waals surface area (Å²) in [5, 5.41) is 16.1. The maximum Gasteiger partial charge on any atom is 0.124 e. The lowest BCUT2D eigenvalue weighted by Crippen LogP contribution is -2.22. The first kappa shape index (κ1) is 17.5. The predicted molar refractivity (Wildman–Crippen MR) is 103 cm³/mol. The largest absolute Gasteiger partial charge is 0.491 e. The summed E-state index contributed by atoms with van der Waals surface area (Å²) >= 11 is 0. The van der Waals surface area contributed by atoms with Gasteiger partial charge in [-0.1, -0.05) is 60.7 Å². The topological polar surface area (TPSA) is 41.5 Å². The molecule has 130 valence electrons. The molecule has 25 heavy (non-hydrogen) atoms. The lowest BCUT2D eigenvalue weighted by atomic mass is 10.0. The highest BCUT2D eigenvalue weighted by Gasteiger charge is 2.12. The smallest absolute Gasteiger partial charge is 0.124 e. The van der Waals surface area contributed by atoms with Crippen molar-refractivity contribution in [3.05, 3.63) is 77.9 Å². The van der Waals surface area contributed by atoms with E-state index in [0.29, 0.717) is 13.1 Å². The van der Waals surface area contributed by atoms with Crippen molar-refractivity contribution in [2.45, 2.75) is 32.6 Å². The van der Waals surface area contributed by atoms with Gasteiger partial charge in [0.1, 0.15) is 5.75 Å². The molecular weight excluding hydrogens is 310 g/mol. The number of ether oxygens (including phenoxy) is 1. The van der Waals surface area contributed by atoms with E-state index in [-0.39, 0.29) is 6.10 Å². The van der Waals surface area contributed by atoms with Gasteiger partial charge in [0.05, 0.1) is 12.2 Å². The second-order valence-corrected chi connectivity index (χ2v) is 6.49. The van der Waals surface area contributed by atoms with Crippen molar-refractivity contribution < 1.29 is 9.84 Å². The fourth-order valence-corrected chi connectivity index (χ4v) is 2.99. The molecule has 1 atom stereocenters. The van der Waals surface area contributed by atoms with E-state index in [1.165, 1.54) is 10.8 Å². The number of nitrogens with one attached hydrogen (secondary N) is 1. The number of benzene rings is 3. The average molecular weight is 335 g/mol. The lowest BCUT2D eigenvalue weighted by Gasteiger charge is -2.18. The van der Waals surface area contributed by atoms with Gasteiger partial charge in [0.25, 0.3) is 0 Å². The molecular formula is C22H25NO2. The first-order chi connectivity index (χ1) is 12.1. The van der Waals surface area contributed by atoms with Gasteiger partial charge in [-0.3, -0.25) is 0 Å². The van der Waals surface area contributed by atoms with Crippen LogP contribution in [0, 0.1) is 0 Å². The third-order valence-electron chi connectivity index (χ3n) is 4.18. The molecule has 0 fully saturated rings. The van der Waals surface area contributed by atoms with E-state index in [0.717, 1.165) is 16.9 Å². The molecule has 0 spiro atoms. The van der Waals surface area contributed by atoms with Crippen LogP contribution in [0.1, 0.15) is 31.1 Å². The zero-order valence-corrected chi connectivity index (χ0v) is 14.8. The third-order valence-corrected chi connectivity index (χ3v) is 4.18. The molecule has 3 aromatic rings. The van der Waals surface area contributed by atoms with Crippen LogP contribution in [-0.2, 0) is 6.54 Å². The van der Waals surface area contributed by atoms with E-state index in [9.17, 15) is 5.11 Å². The van der Waals surface area contributed by atoms with Gasteiger partial charge >= 0.3 is 0 Å². The maximum atomic E-state index is 10.3. The quantitative estimate of drug-likeness (QED) is 0.670. The van der Waals surface area contributed by atoms with Gasteiger partial charge in [0.15, 0.2) is 0 Å². The standard InChI is InChI=1S/C22H25NO2/c1-16(2)25-22-13-12-17-8-6-7-11-19(17)20(22)14-23-15-21(24)18-9-4-3-5-10-18/h3-13,16,21,23-24H,14-15H2,1-2H3/t21-/m0/s1. The number of fused-ring (bicyclic) bond motifs is 1. The van der Waals surface area contributed by atoms with Gasteiger partial charge in [-0.25, -0.2) is 0 Å². The molecule has 0 radical (unpaired) electrons. The van der Waals surface area contributed by atoms with Gasteiger partial charge in [0, 0.05) is 18.7 Å². The third kappa shape index (κ3) is 4.38. The Morgan fingerprint density at radius 2 is 1.64 bits per heavy atom. The van der Waals surface area contributed by atoms with Crippen molar-refractivity contribution in [1.29, 1.82) is 0 Å². The molecule has 0 aliphatic rings. The summed E-state index contributed by atoms with van der Waals surface area (Å²) < 4.78 is 5.99. The zero-order valence-electron chi connectivity index (χ0n) is 14.8. The molecule has 3 rings (SSSR count). The van der Waals surface area contributed by atoms with Crippen molar-refractivity contribution in [2.24, 2.45) is 0 Å². The molecule has 0 aromatic heterocycles. The second-order valence-electron chi connectivity index (χ2n) is 6.49. The first-order valence-corrected chi connectivity index (χ1v) is 8.76. The zero-order chi connectivity index (χ0) is 17.6. The molecule has 0 saturated carbocycles. The molecule has 0 bridgehead atoms. The van der Waals surface area contributed by atoms with E-state index in [1.807, 2.05) is 62.4 Å². The lowest BCUT2D eigenvalue weighted by molar-refractivity contribution is 0.174. The van der Waals surface area contributed by atoms with Crippen LogP contribution in [-0.4, -0.2) is 17.8 Å². The number of hydrogen-bond acceptors (Lipinski definition) is 3. The molecule has 0 heterocycles. The summed E-state index contributed by atoms with van der Waals surface area (Å²) in [5.41, 5.74) is 2.05. The molecule has 2 N–H and O–H groups in total. The molecule has 0 amide bonds. The van der Waals surface area contributed by atoms with E-state index >= 15 is 0 Å². The summed E-state index contributed by atoms with van der Waals surface area (Å²) in [4.78, 5) is 0. The molecule has 0 unspecified atom stereocenters. The van der Waals surface area contributed by atoms with Gasteiger partial charge in [0.2, 0.25) is 0 Å². The molecule has 3 aromatic carbocycles. The predicted octanol–water partition coefficient (Wildman–Crippen LogP) is 4.45. The van der Waals surface area contributed by atoms with Crippen LogP contribution in [0.15, 0.2) is 66.7 Å². The van der Waals surface area contributed by atoms with Crippen LogP contribution in [0.5, 0.6) is 5.75 Å². The Bertz CT molecular complexity index is 815. The minimum Gasteiger partial charge on any atom is -0.491 e. The Kier molecular flexibility index (Phi) is 5.69. The number of aliphatic hydroxyl groups excluding tert-OH is 1. The summed E-state index contributed by atoms with van der Waals surface area (Å²) in [6, 6.07) is 22.2. The van der Waals surface area contributed by atoms with E-state index in [1.54, 1.807) is 0 Å². The van der Waals surface area contributed by atoms with E-state index < -0.39 is 6.10 Å². The van der Waals surface area contributed by atoms with Gasteiger partial charge in [-0.15, -0.1) is 0 Å². The SMILES string of the molecule is CC(C)Oc1ccc2ccccc2c1CNC[C@H](O)c1ccccc1. The van der Waals surface area contributed by atoms with Crippen LogP contribution >= 0.6 is 0 Å². The van der Waals surface area contributed by atoms with E-state index in [4.69, 9.17) is 4.74 Å². The Hall–Kier alpha value is -2.36. The van der Waals surface area contributed by atoms with Crippen molar-refractivity contribution >= 4 is 10.8 Å². The van der Waals surface area contributed by atoms with Crippen molar-refractivity contribution in [2.75, 3.05) is 6.54 Å². The van der Waals surface area contributed by atoms with E-state index in [2.05, 4.69) is 23.5 Å². The Morgan fingerprint density at radius 1 is 0.920 bits per heavy atom. The normalized spacial score (nSPS) is 12.5. The van der Waals surface area contributed by atoms with Gasteiger partial charge < -0.3 is 15.2 Å². The highest BCUT2D eigenvalue weighted by Crippen LogP contribution is 2.29. The van der Waals surface area contributed by atoms with Crippen LogP contribution in [0.25, 0.3) is 10.8 Å². The fraction of sp³-hybridized carbons (Fsp3) is 0.273. The molecule has 3 nitrogen and oxygen atoms in total. The number of aliphatic hydroxyl groups is 1. The Labute approximate surface area is 149 Å². The van der Waals surface area contributed by atoms with Gasteiger partial charge in [-0.05, 0) is 36.2 Å².